The van der Waals surface area contributed by atoms with Crippen molar-refractivity contribution in [3.63, 3.8) is 0 Å². The summed E-state index contributed by atoms with van der Waals surface area (Å²) in [7, 11) is 4.18. The predicted octanol–water partition coefficient (Wildman–Crippen LogP) is 3.40. The summed E-state index contributed by atoms with van der Waals surface area (Å²) in [6.45, 7) is 0.309. The van der Waals surface area contributed by atoms with Crippen LogP contribution in [0.15, 0.2) is 48.5 Å². The zero-order valence-corrected chi connectivity index (χ0v) is 15.7. The second kappa shape index (κ2) is 8.22. The first kappa shape index (κ1) is 18.9. The summed E-state index contributed by atoms with van der Waals surface area (Å²) in [5.41, 5.74) is 4.00. The van der Waals surface area contributed by atoms with Gasteiger partial charge in [-0.05, 0) is 22.3 Å². The van der Waals surface area contributed by atoms with Crippen molar-refractivity contribution in [3.8, 4) is 11.1 Å². The van der Waals surface area contributed by atoms with E-state index in [9.17, 15) is 9.59 Å². The number of hydrogen-bond donors (Lipinski definition) is 0. The van der Waals surface area contributed by atoms with Gasteiger partial charge in [-0.25, -0.2) is 9.59 Å². The molecule has 0 aromatic heterocycles. The fourth-order valence-electron chi connectivity index (χ4n) is 3.68. The van der Waals surface area contributed by atoms with Crippen LogP contribution < -0.4 is 0 Å². The number of carbonyl (C=O) groups excluding carboxylic acids is 2. The van der Waals surface area contributed by atoms with Crippen molar-refractivity contribution in [2.24, 2.45) is 0 Å². The number of hydrogen-bond acceptors (Lipinski definition) is 5. The third kappa shape index (κ3) is 3.40. The summed E-state index contributed by atoms with van der Waals surface area (Å²) < 4.78 is 15.2. The molecule has 1 aliphatic carbocycles. The third-order valence-electron chi connectivity index (χ3n) is 4.87. The van der Waals surface area contributed by atoms with Crippen LogP contribution in [-0.4, -0.2) is 50.9 Å². The van der Waals surface area contributed by atoms with Gasteiger partial charge in [0.25, 0.3) is 0 Å². The van der Waals surface area contributed by atoms with Crippen LogP contribution in [0.3, 0.4) is 0 Å². The molecule has 0 spiro atoms. The van der Waals surface area contributed by atoms with E-state index in [-0.39, 0.29) is 0 Å². The van der Waals surface area contributed by atoms with Gasteiger partial charge in [-0.15, -0.1) is 0 Å². The van der Waals surface area contributed by atoms with Crippen molar-refractivity contribution in [1.29, 1.82) is 0 Å². The zero-order valence-electron chi connectivity index (χ0n) is 15.7. The number of nitrogens with zero attached hydrogens (tertiary/aromatic N) is 1. The van der Waals surface area contributed by atoms with E-state index in [0.717, 1.165) is 22.3 Å². The molecule has 0 aliphatic heterocycles. The molecule has 142 valence electrons. The minimum Gasteiger partial charge on any atom is -0.467 e. The first-order valence-corrected chi connectivity index (χ1v) is 8.75. The van der Waals surface area contributed by atoms with Crippen molar-refractivity contribution >= 4 is 12.1 Å². The highest BCUT2D eigenvalue weighted by atomic mass is 16.5. The summed E-state index contributed by atoms with van der Waals surface area (Å²) >= 11 is 0. The Hall–Kier alpha value is -2.86. The Kier molecular flexibility index (Phi) is 5.76. The van der Waals surface area contributed by atoms with Crippen molar-refractivity contribution in [2.75, 3.05) is 27.9 Å². The summed E-state index contributed by atoms with van der Waals surface area (Å²) in [6.07, 6.45) is -0.281. The largest absolute Gasteiger partial charge is 0.467 e. The van der Waals surface area contributed by atoms with Crippen molar-refractivity contribution < 1.29 is 23.8 Å². The highest BCUT2D eigenvalue weighted by Gasteiger charge is 2.42. The normalized spacial score (nSPS) is 13.4. The Labute approximate surface area is 158 Å². The van der Waals surface area contributed by atoms with Crippen LogP contribution in [0.4, 0.5) is 4.79 Å². The number of rotatable bonds is 6. The lowest BCUT2D eigenvalue weighted by atomic mass is 10.0. The summed E-state index contributed by atoms with van der Waals surface area (Å²) in [6, 6.07) is 14.5. The summed E-state index contributed by atoms with van der Waals surface area (Å²) in [5, 5.41) is 0. The fraction of sp³-hybridized carbons (Fsp3) is 0.333. The van der Waals surface area contributed by atoms with Crippen LogP contribution in [0.25, 0.3) is 11.1 Å². The van der Waals surface area contributed by atoms with Crippen LogP contribution in [-0.2, 0) is 19.0 Å². The van der Waals surface area contributed by atoms with E-state index >= 15 is 0 Å². The Bertz CT molecular complexity index is 789. The van der Waals surface area contributed by atoms with E-state index in [4.69, 9.17) is 14.2 Å². The van der Waals surface area contributed by atoms with Crippen LogP contribution in [0, 0.1) is 0 Å². The quantitative estimate of drug-likeness (QED) is 0.730. The molecule has 3 rings (SSSR count). The molecular weight excluding hydrogens is 346 g/mol. The lowest BCUT2D eigenvalue weighted by molar-refractivity contribution is -0.147. The number of amides is 1. The minimum absolute atomic E-state index is 0.305. The van der Waals surface area contributed by atoms with E-state index in [1.54, 1.807) is 7.11 Å². The number of esters is 1. The standard InChI is InChI=1S/C21H23NO5/c1-25-13-12-18(20(23)26-2)22(21(24)27-3)19-16-10-6-4-8-14(16)15-9-5-7-11-17(15)19/h4-11,18-19H,12-13H2,1-3H3/t18-/m0/s1. The molecule has 1 amide bonds. The molecule has 1 aliphatic rings. The molecule has 27 heavy (non-hydrogen) atoms. The molecule has 0 unspecified atom stereocenters. The van der Waals surface area contributed by atoms with Gasteiger partial charge in [0.1, 0.15) is 6.04 Å². The van der Waals surface area contributed by atoms with Crippen LogP contribution in [0.2, 0.25) is 0 Å². The van der Waals surface area contributed by atoms with E-state index < -0.39 is 24.1 Å². The van der Waals surface area contributed by atoms with Gasteiger partial charge in [-0.2, -0.15) is 0 Å². The number of fused-ring (bicyclic) bond motifs is 3. The van der Waals surface area contributed by atoms with Crippen molar-refractivity contribution in [2.45, 2.75) is 18.5 Å². The van der Waals surface area contributed by atoms with E-state index in [2.05, 4.69) is 0 Å². The van der Waals surface area contributed by atoms with Gasteiger partial charge >= 0.3 is 12.1 Å². The third-order valence-corrected chi connectivity index (χ3v) is 4.87. The molecule has 0 heterocycles. The molecule has 0 N–H and O–H groups in total. The van der Waals surface area contributed by atoms with Crippen LogP contribution in [0.1, 0.15) is 23.6 Å². The Morgan fingerprint density at radius 1 is 0.926 bits per heavy atom. The molecule has 0 saturated carbocycles. The molecule has 0 radical (unpaired) electrons. The number of methoxy groups -OCH3 is 3. The fourth-order valence-corrected chi connectivity index (χ4v) is 3.68. The van der Waals surface area contributed by atoms with Gasteiger partial charge in [-0.1, -0.05) is 48.5 Å². The maximum atomic E-state index is 12.8. The molecule has 1 atom stereocenters. The van der Waals surface area contributed by atoms with Crippen LogP contribution in [0.5, 0.6) is 0 Å². The van der Waals surface area contributed by atoms with E-state index in [1.807, 2.05) is 48.5 Å². The first-order valence-electron chi connectivity index (χ1n) is 8.75. The molecule has 0 fully saturated rings. The minimum atomic E-state index is -0.827. The average molecular weight is 369 g/mol. The number of carbonyl (C=O) groups is 2. The van der Waals surface area contributed by atoms with Crippen molar-refractivity contribution in [3.05, 3.63) is 59.7 Å². The summed E-state index contributed by atoms with van der Waals surface area (Å²) in [4.78, 5) is 26.8. The molecule has 2 aromatic rings. The zero-order chi connectivity index (χ0) is 19.4. The second-order valence-corrected chi connectivity index (χ2v) is 6.27. The van der Waals surface area contributed by atoms with Crippen LogP contribution >= 0.6 is 0 Å². The Balaban J connectivity index is 2.15. The maximum absolute atomic E-state index is 12.8. The topological polar surface area (TPSA) is 65.1 Å². The summed E-state index contributed by atoms with van der Waals surface area (Å²) in [5.74, 6) is -0.501. The molecule has 0 bridgehead atoms. The molecule has 0 saturated heterocycles. The molecule has 6 nitrogen and oxygen atoms in total. The van der Waals surface area contributed by atoms with Gasteiger partial charge in [0.15, 0.2) is 0 Å². The molecule has 2 aromatic carbocycles. The lowest BCUT2D eigenvalue weighted by Gasteiger charge is -2.34. The lowest BCUT2D eigenvalue weighted by Crippen LogP contribution is -2.48. The highest BCUT2D eigenvalue weighted by molar-refractivity contribution is 5.85. The Morgan fingerprint density at radius 3 is 1.96 bits per heavy atom. The number of ether oxygens (including phenoxy) is 3. The maximum Gasteiger partial charge on any atom is 0.411 e. The van der Waals surface area contributed by atoms with Gasteiger partial charge in [0.2, 0.25) is 0 Å². The number of benzene rings is 2. The van der Waals surface area contributed by atoms with Gasteiger partial charge in [-0.3, -0.25) is 4.90 Å². The average Bonchev–Trinajstić information content (AvgIpc) is 3.04. The monoisotopic (exact) mass is 369 g/mol. The highest BCUT2D eigenvalue weighted by Crippen LogP contribution is 2.47. The SMILES string of the molecule is COCC[C@@H](C(=O)OC)N(C(=O)OC)C1c2ccccc2-c2ccccc21. The smallest absolute Gasteiger partial charge is 0.411 e. The van der Waals surface area contributed by atoms with Crippen molar-refractivity contribution in [1.82, 2.24) is 4.90 Å². The molecule has 6 heteroatoms. The predicted molar refractivity (Wildman–Crippen MR) is 100 cm³/mol. The van der Waals surface area contributed by atoms with Gasteiger partial charge in [0.05, 0.1) is 20.3 Å². The first-order chi connectivity index (χ1) is 13.1. The van der Waals surface area contributed by atoms with E-state index in [0.29, 0.717) is 13.0 Å². The Morgan fingerprint density at radius 2 is 1.48 bits per heavy atom. The van der Waals surface area contributed by atoms with Gasteiger partial charge < -0.3 is 14.2 Å². The molecular formula is C21H23NO5. The second-order valence-electron chi connectivity index (χ2n) is 6.27. The van der Waals surface area contributed by atoms with E-state index in [1.165, 1.54) is 19.1 Å². The van der Waals surface area contributed by atoms with Gasteiger partial charge in [0, 0.05) is 20.1 Å².